The van der Waals surface area contributed by atoms with Crippen molar-refractivity contribution in [3.05, 3.63) is 64.7 Å². The molecular formula is C23H24ClNO4. The number of ether oxygens (including phenoxy) is 1. The van der Waals surface area contributed by atoms with Crippen LogP contribution in [0.5, 0.6) is 0 Å². The molecule has 1 aliphatic heterocycles. The van der Waals surface area contributed by atoms with Crippen LogP contribution in [0.25, 0.3) is 0 Å². The van der Waals surface area contributed by atoms with Crippen LogP contribution in [0.4, 0.5) is 5.69 Å². The van der Waals surface area contributed by atoms with Crippen molar-refractivity contribution in [1.29, 1.82) is 0 Å². The number of carbonyl (C=O) groups is 3. The molecule has 0 spiro atoms. The third-order valence-electron chi connectivity index (χ3n) is 5.04. The molecule has 2 aromatic rings. The van der Waals surface area contributed by atoms with Gasteiger partial charge < -0.3 is 9.64 Å². The van der Waals surface area contributed by atoms with Crippen LogP contribution in [0.1, 0.15) is 42.1 Å². The lowest BCUT2D eigenvalue weighted by Crippen LogP contribution is -2.27. The van der Waals surface area contributed by atoms with Gasteiger partial charge in [-0.3, -0.25) is 14.4 Å². The maximum absolute atomic E-state index is 12.4. The number of ketones is 1. The molecule has 1 heterocycles. The molecule has 0 N–H and O–H groups in total. The molecule has 6 heteroatoms. The fraction of sp³-hybridized carbons (Fsp3) is 0.348. The molecule has 1 saturated heterocycles. The number of hydrogen-bond donors (Lipinski definition) is 0. The highest BCUT2D eigenvalue weighted by atomic mass is 35.5. The minimum atomic E-state index is -0.569. The zero-order chi connectivity index (χ0) is 20.8. The number of amides is 1. The highest BCUT2D eigenvalue weighted by Gasteiger charge is 2.36. The van der Waals surface area contributed by atoms with Crippen molar-refractivity contribution < 1.29 is 19.1 Å². The number of Topliss-reactive ketones (excluding diaryl/α,β-unsaturated/α-hetero) is 1. The Bertz CT molecular complexity index is 877. The molecule has 1 atom stereocenters. The summed E-state index contributed by atoms with van der Waals surface area (Å²) in [4.78, 5) is 38.5. The number of hydrogen-bond acceptors (Lipinski definition) is 4. The first-order valence-electron chi connectivity index (χ1n) is 9.82. The maximum atomic E-state index is 12.4. The lowest BCUT2D eigenvalue weighted by Gasteiger charge is -2.17. The van der Waals surface area contributed by atoms with Crippen molar-refractivity contribution in [2.45, 2.75) is 32.6 Å². The van der Waals surface area contributed by atoms with Crippen molar-refractivity contribution in [1.82, 2.24) is 0 Å². The summed E-state index contributed by atoms with van der Waals surface area (Å²) in [5, 5.41) is 0.529. The van der Waals surface area contributed by atoms with E-state index in [9.17, 15) is 14.4 Å². The van der Waals surface area contributed by atoms with Gasteiger partial charge >= 0.3 is 5.97 Å². The van der Waals surface area contributed by atoms with Gasteiger partial charge in [-0.15, -0.1) is 0 Å². The second kappa shape index (κ2) is 9.70. The smallest absolute Gasteiger partial charge is 0.311 e. The lowest BCUT2D eigenvalue weighted by atomic mass is 10.1. The third kappa shape index (κ3) is 5.45. The predicted octanol–water partition coefficient (Wildman–Crippen LogP) is 4.46. The Morgan fingerprint density at radius 2 is 1.79 bits per heavy atom. The Hall–Kier alpha value is -2.66. The quantitative estimate of drug-likeness (QED) is 0.473. The Morgan fingerprint density at radius 3 is 2.45 bits per heavy atom. The molecule has 0 saturated carbocycles. The summed E-state index contributed by atoms with van der Waals surface area (Å²) in [5.74, 6) is -1.51. The van der Waals surface area contributed by atoms with E-state index in [-0.39, 0.29) is 31.3 Å². The largest absolute Gasteiger partial charge is 0.457 e. The Labute approximate surface area is 175 Å². The molecule has 2 aromatic carbocycles. The molecule has 0 unspecified atom stereocenters. The van der Waals surface area contributed by atoms with Crippen LogP contribution in [-0.2, 0) is 20.7 Å². The molecular weight excluding hydrogens is 390 g/mol. The fourth-order valence-electron chi connectivity index (χ4n) is 3.31. The molecule has 1 fully saturated rings. The number of unbranched alkanes of at least 4 members (excludes halogenated alkanes) is 1. The molecule has 1 aliphatic rings. The van der Waals surface area contributed by atoms with Crippen molar-refractivity contribution in [3.63, 3.8) is 0 Å². The van der Waals surface area contributed by atoms with E-state index in [2.05, 4.69) is 6.92 Å². The normalized spacial score (nSPS) is 16.1. The summed E-state index contributed by atoms with van der Waals surface area (Å²) in [7, 11) is 0. The second-order valence-corrected chi connectivity index (χ2v) is 7.65. The van der Waals surface area contributed by atoms with E-state index in [0.717, 1.165) is 24.9 Å². The van der Waals surface area contributed by atoms with Gasteiger partial charge in [0, 0.05) is 29.2 Å². The van der Waals surface area contributed by atoms with Crippen molar-refractivity contribution in [3.8, 4) is 0 Å². The average Bonchev–Trinajstić information content (AvgIpc) is 3.13. The fourth-order valence-corrected chi connectivity index (χ4v) is 3.44. The van der Waals surface area contributed by atoms with Gasteiger partial charge in [-0.2, -0.15) is 0 Å². The van der Waals surface area contributed by atoms with Crippen LogP contribution in [0.3, 0.4) is 0 Å². The first-order chi connectivity index (χ1) is 14.0. The number of aryl methyl sites for hydroxylation is 1. The van der Waals surface area contributed by atoms with E-state index in [4.69, 9.17) is 16.3 Å². The summed E-state index contributed by atoms with van der Waals surface area (Å²) in [5.41, 5.74) is 2.44. The number of nitrogens with zero attached hydrogens (tertiary/aromatic N) is 1. The minimum absolute atomic E-state index is 0.0888. The number of rotatable bonds is 8. The minimum Gasteiger partial charge on any atom is -0.457 e. The molecule has 0 bridgehead atoms. The number of carbonyl (C=O) groups excluding carboxylic acids is 3. The average molecular weight is 414 g/mol. The third-order valence-corrected chi connectivity index (χ3v) is 5.29. The van der Waals surface area contributed by atoms with Gasteiger partial charge in [-0.05, 0) is 54.8 Å². The first-order valence-corrected chi connectivity index (χ1v) is 10.2. The number of esters is 1. The molecule has 152 valence electrons. The van der Waals surface area contributed by atoms with Crippen molar-refractivity contribution in [2.24, 2.45) is 5.92 Å². The van der Waals surface area contributed by atoms with Gasteiger partial charge in [0.05, 0.1) is 5.92 Å². The van der Waals surface area contributed by atoms with E-state index in [1.165, 1.54) is 5.56 Å². The first kappa shape index (κ1) is 21.1. The summed E-state index contributed by atoms with van der Waals surface area (Å²) in [6.45, 7) is 2.07. The number of halogens is 1. The number of benzene rings is 2. The van der Waals surface area contributed by atoms with Gasteiger partial charge in [-0.25, -0.2) is 0 Å². The number of anilines is 1. The highest BCUT2D eigenvalue weighted by molar-refractivity contribution is 6.30. The van der Waals surface area contributed by atoms with Crippen LogP contribution in [0, 0.1) is 5.92 Å². The topological polar surface area (TPSA) is 63.7 Å². The van der Waals surface area contributed by atoms with Crippen molar-refractivity contribution >= 4 is 34.9 Å². The van der Waals surface area contributed by atoms with Crippen LogP contribution in [-0.4, -0.2) is 30.8 Å². The second-order valence-electron chi connectivity index (χ2n) is 7.21. The predicted molar refractivity (Wildman–Crippen MR) is 112 cm³/mol. The molecule has 5 nitrogen and oxygen atoms in total. The molecule has 3 rings (SSSR count). The lowest BCUT2D eigenvalue weighted by molar-refractivity contribution is -0.147. The van der Waals surface area contributed by atoms with Gasteiger partial charge in [-0.1, -0.05) is 37.1 Å². The van der Waals surface area contributed by atoms with E-state index >= 15 is 0 Å². The van der Waals surface area contributed by atoms with Gasteiger partial charge in [0.25, 0.3) is 0 Å². The molecule has 29 heavy (non-hydrogen) atoms. The zero-order valence-electron chi connectivity index (χ0n) is 16.4. The molecule has 0 aromatic heterocycles. The summed E-state index contributed by atoms with van der Waals surface area (Å²) >= 11 is 5.81. The zero-order valence-corrected chi connectivity index (χ0v) is 17.2. The summed E-state index contributed by atoms with van der Waals surface area (Å²) in [6, 6.07) is 14.3. The van der Waals surface area contributed by atoms with Crippen LogP contribution < -0.4 is 4.90 Å². The Kier molecular flexibility index (Phi) is 7.04. The van der Waals surface area contributed by atoms with E-state index in [1.807, 2.05) is 24.3 Å². The van der Waals surface area contributed by atoms with Crippen LogP contribution in [0.2, 0.25) is 5.02 Å². The molecule has 0 aliphatic carbocycles. The van der Waals surface area contributed by atoms with Crippen LogP contribution in [0.15, 0.2) is 48.5 Å². The summed E-state index contributed by atoms with van der Waals surface area (Å²) in [6.07, 6.45) is 3.37. The van der Waals surface area contributed by atoms with E-state index in [1.54, 1.807) is 29.2 Å². The molecule has 1 amide bonds. The highest BCUT2D eigenvalue weighted by Crippen LogP contribution is 2.26. The monoisotopic (exact) mass is 413 g/mol. The Morgan fingerprint density at radius 1 is 1.10 bits per heavy atom. The summed E-state index contributed by atoms with van der Waals surface area (Å²) < 4.78 is 5.17. The maximum Gasteiger partial charge on any atom is 0.311 e. The molecule has 0 radical (unpaired) electrons. The van der Waals surface area contributed by atoms with Gasteiger partial charge in [0.15, 0.2) is 12.4 Å². The van der Waals surface area contributed by atoms with E-state index in [0.29, 0.717) is 10.6 Å². The van der Waals surface area contributed by atoms with Gasteiger partial charge in [0.1, 0.15) is 0 Å². The standard InChI is InChI=1S/C23H24ClNO4/c1-2-3-4-16-5-11-20(12-6-16)25-14-18(13-22(25)27)23(28)29-15-21(26)17-7-9-19(24)10-8-17/h5-12,18H,2-4,13-15H2,1H3/t18-/m1/s1. The Balaban J connectivity index is 1.54. The van der Waals surface area contributed by atoms with E-state index < -0.39 is 11.9 Å². The van der Waals surface area contributed by atoms with Crippen LogP contribution >= 0.6 is 11.6 Å². The SMILES string of the molecule is CCCCc1ccc(N2C[C@H](C(=O)OCC(=O)c3ccc(Cl)cc3)CC2=O)cc1. The van der Waals surface area contributed by atoms with Gasteiger partial charge in [0.2, 0.25) is 5.91 Å². The van der Waals surface area contributed by atoms with Crippen molar-refractivity contribution in [2.75, 3.05) is 18.1 Å².